The lowest BCUT2D eigenvalue weighted by Gasteiger charge is -2.35. The lowest BCUT2D eigenvalue weighted by molar-refractivity contribution is 0.0535. The number of carbonyl (C=O) groups is 3. The van der Waals surface area contributed by atoms with E-state index in [0.717, 1.165) is 5.56 Å². The summed E-state index contributed by atoms with van der Waals surface area (Å²) in [6, 6.07) is 20.8. The topological polar surface area (TPSA) is 92.9 Å². The molecule has 0 radical (unpaired) electrons. The van der Waals surface area contributed by atoms with Crippen molar-refractivity contribution in [1.82, 2.24) is 9.80 Å². The van der Waals surface area contributed by atoms with Crippen LogP contribution in [0.2, 0.25) is 5.02 Å². The van der Waals surface area contributed by atoms with Gasteiger partial charge in [-0.2, -0.15) is 0 Å². The quantitative estimate of drug-likeness (QED) is 0.587. The van der Waals surface area contributed by atoms with Crippen LogP contribution in [-0.2, 0) is 6.61 Å². The third-order valence-corrected chi connectivity index (χ3v) is 5.92. The van der Waals surface area contributed by atoms with Crippen molar-refractivity contribution in [3.8, 4) is 5.75 Å². The third-order valence-electron chi connectivity index (χ3n) is 5.67. The maximum Gasteiger partial charge on any atom is 0.253 e. The van der Waals surface area contributed by atoms with Gasteiger partial charge in [0.2, 0.25) is 0 Å². The Morgan fingerprint density at radius 3 is 2.06 bits per heavy atom. The van der Waals surface area contributed by atoms with Crippen molar-refractivity contribution >= 4 is 29.3 Å². The van der Waals surface area contributed by atoms with Crippen LogP contribution in [0.3, 0.4) is 0 Å². The highest BCUT2D eigenvalue weighted by Gasteiger charge is 2.25. The van der Waals surface area contributed by atoms with E-state index in [0.29, 0.717) is 53.6 Å². The number of halogens is 1. The van der Waals surface area contributed by atoms with Crippen LogP contribution in [0.15, 0.2) is 72.8 Å². The molecule has 0 atom stereocenters. The lowest BCUT2D eigenvalue weighted by Crippen LogP contribution is -2.50. The largest absolute Gasteiger partial charge is 0.488 e. The van der Waals surface area contributed by atoms with Crippen molar-refractivity contribution in [2.45, 2.75) is 6.61 Å². The van der Waals surface area contributed by atoms with Crippen LogP contribution in [0.5, 0.6) is 5.75 Å². The highest BCUT2D eigenvalue weighted by atomic mass is 35.5. The second-order valence-corrected chi connectivity index (χ2v) is 8.38. The van der Waals surface area contributed by atoms with E-state index >= 15 is 0 Å². The van der Waals surface area contributed by atoms with Crippen molar-refractivity contribution in [2.24, 2.45) is 5.73 Å². The fraction of sp³-hybridized carbons (Fsp3) is 0.192. The summed E-state index contributed by atoms with van der Waals surface area (Å²) in [6.07, 6.45) is 0. The predicted molar refractivity (Wildman–Crippen MR) is 129 cm³/mol. The Morgan fingerprint density at radius 2 is 1.41 bits per heavy atom. The van der Waals surface area contributed by atoms with Crippen LogP contribution in [0.25, 0.3) is 0 Å². The summed E-state index contributed by atoms with van der Waals surface area (Å²) in [5.41, 5.74) is 7.62. The average Bonchev–Trinajstić information content (AvgIpc) is 2.87. The van der Waals surface area contributed by atoms with Crippen molar-refractivity contribution < 1.29 is 19.1 Å². The van der Waals surface area contributed by atoms with Gasteiger partial charge in [0.1, 0.15) is 12.4 Å². The minimum absolute atomic E-state index is 0.0702. The Bertz CT molecular complexity index is 1200. The molecule has 7 nitrogen and oxygen atoms in total. The number of piperazine rings is 1. The van der Waals surface area contributed by atoms with Crippen LogP contribution < -0.4 is 10.5 Å². The predicted octanol–water partition coefficient (Wildman–Crippen LogP) is 3.62. The molecule has 0 unspecified atom stereocenters. The fourth-order valence-electron chi connectivity index (χ4n) is 3.82. The van der Waals surface area contributed by atoms with E-state index in [1.165, 1.54) is 0 Å². The zero-order chi connectivity index (χ0) is 24.1. The molecule has 1 fully saturated rings. The fourth-order valence-corrected chi connectivity index (χ4v) is 3.95. The van der Waals surface area contributed by atoms with Crippen LogP contribution in [0.1, 0.15) is 36.6 Å². The van der Waals surface area contributed by atoms with Gasteiger partial charge in [0.05, 0.1) is 5.56 Å². The van der Waals surface area contributed by atoms with Gasteiger partial charge in [0.25, 0.3) is 17.7 Å². The molecule has 174 valence electrons. The number of para-hydroxylation sites is 1. The maximum absolute atomic E-state index is 13.1. The van der Waals surface area contributed by atoms with Gasteiger partial charge >= 0.3 is 0 Å². The second kappa shape index (κ2) is 10.4. The van der Waals surface area contributed by atoms with E-state index in [4.69, 9.17) is 22.1 Å². The second-order valence-electron chi connectivity index (χ2n) is 7.94. The summed E-state index contributed by atoms with van der Waals surface area (Å²) >= 11 is 5.90. The number of nitrogens with two attached hydrogens (primary N) is 1. The van der Waals surface area contributed by atoms with Crippen LogP contribution in [0.4, 0.5) is 0 Å². The van der Waals surface area contributed by atoms with Gasteiger partial charge in [0.15, 0.2) is 0 Å². The first kappa shape index (κ1) is 23.3. The Morgan fingerprint density at radius 1 is 0.794 bits per heavy atom. The number of ether oxygens (including phenoxy) is 1. The smallest absolute Gasteiger partial charge is 0.253 e. The summed E-state index contributed by atoms with van der Waals surface area (Å²) in [6.45, 7) is 2.00. The maximum atomic E-state index is 13.1. The molecule has 1 saturated heterocycles. The lowest BCUT2D eigenvalue weighted by atomic mass is 10.1. The molecule has 1 aliphatic rings. The first-order valence-electron chi connectivity index (χ1n) is 10.9. The SMILES string of the molecule is NC(=O)c1ccccc1OCc1cccc(C(=O)N2CCN(C(=O)c3ccc(Cl)cc3)CC2)c1. The number of nitrogens with zero attached hydrogens (tertiary/aromatic N) is 2. The number of carbonyl (C=O) groups excluding carboxylic acids is 3. The third kappa shape index (κ3) is 5.38. The van der Waals surface area contributed by atoms with E-state index in [2.05, 4.69) is 0 Å². The molecular weight excluding hydrogens is 454 g/mol. The molecule has 3 aromatic carbocycles. The van der Waals surface area contributed by atoms with Gasteiger partial charge in [0, 0.05) is 42.3 Å². The average molecular weight is 478 g/mol. The molecule has 0 saturated carbocycles. The zero-order valence-corrected chi connectivity index (χ0v) is 19.2. The van der Waals surface area contributed by atoms with Gasteiger partial charge in [-0.1, -0.05) is 35.9 Å². The van der Waals surface area contributed by atoms with Crippen molar-refractivity contribution in [2.75, 3.05) is 26.2 Å². The van der Waals surface area contributed by atoms with Crippen molar-refractivity contribution in [3.05, 3.63) is 100 Å². The number of hydrogen-bond acceptors (Lipinski definition) is 4. The molecule has 0 aromatic heterocycles. The van der Waals surface area contributed by atoms with Crippen LogP contribution in [-0.4, -0.2) is 53.7 Å². The van der Waals surface area contributed by atoms with Gasteiger partial charge in [-0.3, -0.25) is 14.4 Å². The van der Waals surface area contributed by atoms with Gasteiger partial charge in [-0.05, 0) is 54.1 Å². The molecule has 0 aliphatic carbocycles. The summed E-state index contributed by atoms with van der Waals surface area (Å²) in [5, 5.41) is 0.580. The summed E-state index contributed by atoms with van der Waals surface area (Å²) in [7, 11) is 0. The highest BCUT2D eigenvalue weighted by Crippen LogP contribution is 2.20. The molecule has 3 amide bonds. The first-order chi connectivity index (χ1) is 16.4. The Kier molecular flexibility index (Phi) is 7.13. The number of rotatable bonds is 6. The molecule has 0 spiro atoms. The number of benzene rings is 3. The molecule has 1 aliphatic heterocycles. The Labute approximate surface area is 202 Å². The molecule has 2 N–H and O–H groups in total. The Hall–Kier alpha value is -3.84. The number of hydrogen-bond donors (Lipinski definition) is 1. The van der Waals surface area contributed by atoms with E-state index in [-0.39, 0.29) is 18.4 Å². The molecule has 0 bridgehead atoms. The summed E-state index contributed by atoms with van der Waals surface area (Å²) in [4.78, 5) is 40.8. The van der Waals surface area contributed by atoms with E-state index in [9.17, 15) is 14.4 Å². The highest BCUT2D eigenvalue weighted by molar-refractivity contribution is 6.30. The minimum atomic E-state index is -0.562. The standard InChI is InChI=1S/C26H24ClN3O4/c27-21-10-8-19(9-11-21)25(32)29-12-14-30(15-13-29)26(33)20-5-3-4-18(16-20)17-34-23-7-2-1-6-22(23)24(28)31/h1-11,16H,12-15,17H2,(H2,28,31). The summed E-state index contributed by atoms with van der Waals surface area (Å²) in [5.74, 6) is -0.335. The van der Waals surface area contributed by atoms with Crippen molar-refractivity contribution in [3.63, 3.8) is 0 Å². The van der Waals surface area contributed by atoms with Crippen molar-refractivity contribution in [1.29, 1.82) is 0 Å². The molecular formula is C26H24ClN3O4. The monoisotopic (exact) mass is 477 g/mol. The van der Waals surface area contributed by atoms with E-state index in [1.54, 1.807) is 76.5 Å². The normalized spacial score (nSPS) is 13.4. The molecule has 1 heterocycles. The molecule has 8 heteroatoms. The van der Waals surface area contributed by atoms with Crippen LogP contribution in [0, 0.1) is 0 Å². The Balaban J connectivity index is 1.36. The van der Waals surface area contributed by atoms with Gasteiger partial charge in [-0.25, -0.2) is 0 Å². The van der Waals surface area contributed by atoms with Crippen LogP contribution >= 0.6 is 11.6 Å². The molecule has 3 aromatic rings. The molecule has 4 rings (SSSR count). The van der Waals surface area contributed by atoms with Gasteiger partial charge < -0.3 is 20.3 Å². The first-order valence-corrected chi connectivity index (χ1v) is 11.2. The zero-order valence-electron chi connectivity index (χ0n) is 18.4. The number of amides is 3. The number of primary amides is 1. The van der Waals surface area contributed by atoms with Gasteiger partial charge in [-0.15, -0.1) is 0 Å². The minimum Gasteiger partial charge on any atom is -0.488 e. The van der Waals surface area contributed by atoms with E-state index < -0.39 is 5.91 Å². The van der Waals surface area contributed by atoms with E-state index in [1.807, 2.05) is 6.07 Å². The molecule has 34 heavy (non-hydrogen) atoms. The summed E-state index contributed by atoms with van der Waals surface area (Å²) < 4.78 is 5.78.